The van der Waals surface area contributed by atoms with Crippen molar-refractivity contribution in [1.29, 1.82) is 0 Å². The molecular weight excluding hydrogens is 334 g/mol. The molecule has 140 valence electrons. The van der Waals surface area contributed by atoms with Crippen LogP contribution < -0.4 is 16.0 Å². The number of carbonyl (C=O) groups is 2. The minimum Gasteiger partial charge on any atom is -0.337 e. The standard InChI is InChI=1S/C19H31N3O2S/c1-19(2,3)15-8-4-5-9-16(15)21-13-17(23)22-18(24)20-11-10-14-7-6-12-25-14/h6-7,12,15-16,21H,4-5,8-11,13H2,1-3H3,(H2,20,22,23,24). The van der Waals surface area contributed by atoms with Gasteiger partial charge in [-0.05, 0) is 42.0 Å². The SMILES string of the molecule is CC(C)(C)C1CCCCC1NCC(=O)NC(=O)NCCc1cccs1. The Labute approximate surface area is 155 Å². The highest BCUT2D eigenvalue weighted by molar-refractivity contribution is 7.09. The smallest absolute Gasteiger partial charge is 0.321 e. The molecule has 2 unspecified atom stereocenters. The molecule has 1 heterocycles. The van der Waals surface area contributed by atoms with Crippen molar-refractivity contribution in [3.05, 3.63) is 22.4 Å². The van der Waals surface area contributed by atoms with E-state index in [1.165, 1.54) is 24.1 Å². The molecule has 6 heteroatoms. The van der Waals surface area contributed by atoms with Gasteiger partial charge in [0.1, 0.15) is 0 Å². The second-order valence-corrected chi connectivity index (χ2v) is 8.91. The minimum atomic E-state index is -0.417. The lowest BCUT2D eigenvalue weighted by atomic mass is 9.69. The van der Waals surface area contributed by atoms with Crippen molar-refractivity contribution < 1.29 is 9.59 Å². The lowest BCUT2D eigenvalue weighted by Crippen LogP contribution is -2.49. The van der Waals surface area contributed by atoms with E-state index in [1.807, 2.05) is 17.5 Å². The van der Waals surface area contributed by atoms with Crippen molar-refractivity contribution in [2.45, 2.75) is 58.9 Å². The molecule has 0 aliphatic heterocycles. The fourth-order valence-electron chi connectivity index (χ4n) is 3.60. The first kappa shape index (κ1) is 19.9. The fraction of sp³-hybridized carbons (Fsp3) is 0.684. The number of imide groups is 1. The number of hydrogen-bond donors (Lipinski definition) is 3. The molecule has 0 aromatic carbocycles. The van der Waals surface area contributed by atoms with Crippen molar-refractivity contribution in [2.75, 3.05) is 13.1 Å². The molecule has 25 heavy (non-hydrogen) atoms. The molecule has 3 N–H and O–H groups in total. The second-order valence-electron chi connectivity index (χ2n) is 7.88. The summed E-state index contributed by atoms with van der Waals surface area (Å²) in [6.07, 6.45) is 5.55. The van der Waals surface area contributed by atoms with E-state index in [0.29, 0.717) is 18.5 Å². The Morgan fingerprint density at radius 1 is 1.24 bits per heavy atom. The molecule has 1 aliphatic carbocycles. The van der Waals surface area contributed by atoms with Gasteiger partial charge < -0.3 is 10.6 Å². The van der Waals surface area contributed by atoms with E-state index in [1.54, 1.807) is 11.3 Å². The highest BCUT2D eigenvalue weighted by Gasteiger charge is 2.33. The third kappa shape index (κ3) is 6.78. The van der Waals surface area contributed by atoms with Gasteiger partial charge in [0.15, 0.2) is 0 Å². The van der Waals surface area contributed by atoms with Gasteiger partial charge in [-0.15, -0.1) is 11.3 Å². The third-order valence-corrected chi connectivity index (χ3v) is 5.83. The summed E-state index contributed by atoms with van der Waals surface area (Å²) in [7, 11) is 0. The first-order chi connectivity index (χ1) is 11.9. The van der Waals surface area contributed by atoms with Crippen molar-refractivity contribution in [3.8, 4) is 0 Å². The van der Waals surface area contributed by atoms with E-state index >= 15 is 0 Å². The summed E-state index contributed by atoms with van der Waals surface area (Å²) in [5.74, 6) is 0.292. The van der Waals surface area contributed by atoms with Gasteiger partial charge >= 0.3 is 6.03 Å². The van der Waals surface area contributed by atoms with Gasteiger partial charge in [-0.2, -0.15) is 0 Å². The highest BCUT2D eigenvalue weighted by atomic mass is 32.1. The maximum atomic E-state index is 12.0. The number of thiophene rings is 1. The van der Waals surface area contributed by atoms with E-state index in [9.17, 15) is 9.59 Å². The number of nitrogens with one attached hydrogen (secondary N) is 3. The molecule has 1 aromatic heterocycles. The van der Waals surface area contributed by atoms with Gasteiger partial charge in [0.25, 0.3) is 0 Å². The quantitative estimate of drug-likeness (QED) is 0.724. The van der Waals surface area contributed by atoms with Gasteiger partial charge in [0.2, 0.25) is 5.91 Å². The zero-order chi connectivity index (χ0) is 18.3. The lowest BCUT2D eigenvalue weighted by Gasteiger charge is -2.40. The summed E-state index contributed by atoms with van der Waals surface area (Å²) in [4.78, 5) is 25.0. The van der Waals surface area contributed by atoms with Crippen LogP contribution in [0.1, 0.15) is 51.3 Å². The van der Waals surface area contributed by atoms with E-state index < -0.39 is 6.03 Å². The molecule has 1 aliphatic rings. The number of urea groups is 1. The molecule has 2 rings (SSSR count). The van der Waals surface area contributed by atoms with Crippen LogP contribution >= 0.6 is 11.3 Å². The summed E-state index contributed by atoms with van der Waals surface area (Å²) in [5.41, 5.74) is 0.230. The maximum Gasteiger partial charge on any atom is 0.321 e. The first-order valence-corrected chi connectivity index (χ1v) is 10.1. The van der Waals surface area contributed by atoms with Gasteiger partial charge in [-0.1, -0.05) is 39.7 Å². The molecule has 5 nitrogen and oxygen atoms in total. The number of amides is 3. The lowest BCUT2D eigenvalue weighted by molar-refractivity contribution is -0.119. The zero-order valence-corrected chi connectivity index (χ0v) is 16.4. The maximum absolute atomic E-state index is 12.0. The van der Waals surface area contributed by atoms with Gasteiger partial charge in [0, 0.05) is 17.5 Å². The molecule has 1 aromatic rings. The van der Waals surface area contributed by atoms with Crippen molar-refractivity contribution in [3.63, 3.8) is 0 Å². The molecular formula is C19H31N3O2S. The van der Waals surface area contributed by atoms with Crippen LogP contribution in [0.25, 0.3) is 0 Å². The fourth-order valence-corrected chi connectivity index (χ4v) is 4.31. The number of hydrogen-bond acceptors (Lipinski definition) is 4. The van der Waals surface area contributed by atoms with E-state index in [-0.39, 0.29) is 17.9 Å². The molecule has 0 spiro atoms. The Balaban J connectivity index is 1.67. The summed E-state index contributed by atoms with van der Waals surface area (Å²) in [6.45, 7) is 7.51. The molecule has 0 saturated heterocycles. The van der Waals surface area contributed by atoms with Crippen LogP contribution in [-0.2, 0) is 11.2 Å². The average Bonchev–Trinajstić information content (AvgIpc) is 3.05. The van der Waals surface area contributed by atoms with Crippen molar-refractivity contribution >= 4 is 23.3 Å². The van der Waals surface area contributed by atoms with Gasteiger partial charge in [-0.3, -0.25) is 10.1 Å². The van der Waals surface area contributed by atoms with Gasteiger partial charge in [0.05, 0.1) is 6.54 Å². The van der Waals surface area contributed by atoms with Gasteiger partial charge in [-0.25, -0.2) is 4.79 Å². The molecule has 2 atom stereocenters. The average molecular weight is 366 g/mol. The second kappa shape index (κ2) is 9.34. The summed E-state index contributed by atoms with van der Waals surface area (Å²) >= 11 is 1.67. The summed E-state index contributed by atoms with van der Waals surface area (Å²) < 4.78 is 0. The predicted octanol–water partition coefficient (Wildman–Crippen LogP) is 3.31. The van der Waals surface area contributed by atoms with Crippen LogP contribution in [0.5, 0.6) is 0 Å². The van der Waals surface area contributed by atoms with E-state index in [2.05, 4.69) is 36.7 Å². The Hall–Kier alpha value is -1.40. The Kier molecular flexibility index (Phi) is 7.44. The summed E-state index contributed by atoms with van der Waals surface area (Å²) in [6, 6.07) is 3.96. The summed E-state index contributed by atoms with van der Waals surface area (Å²) in [5, 5.41) is 10.5. The normalized spacial score (nSPS) is 20.9. The monoisotopic (exact) mass is 365 g/mol. The van der Waals surface area contributed by atoms with Crippen LogP contribution in [-0.4, -0.2) is 31.1 Å². The Morgan fingerprint density at radius 2 is 2.00 bits per heavy atom. The number of carbonyl (C=O) groups excluding carboxylic acids is 2. The molecule has 0 bridgehead atoms. The van der Waals surface area contributed by atoms with E-state index in [0.717, 1.165) is 12.8 Å². The van der Waals surface area contributed by atoms with Crippen molar-refractivity contribution in [1.82, 2.24) is 16.0 Å². The molecule has 1 saturated carbocycles. The Bertz CT molecular complexity index is 552. The minimum absolute atomic E-state index is 0.190. The first-order valence-electron chi connectivity index (χ1n) is 9.19. The highest BCUT2D eigenvalue weighted by Crippen LogP contribution is 2.37. The van der Waals surface area contributed by atoms with Crippen LogP contribution in [0, 0.1) is 11.3 Å². The van der Waals surface area contributed by atoms with Crippen LogP contribution in [0.4, 0.5) is 4.79 Å². The number of rotatable bonds is 6. The van der Waals surface area contributed by atoms with Crippen LogP contribution in [0.2, 0.25) is 0 Å². The molecule has 3 amide bonds. The predicted molar refractivity (Wildman–Crippen MR) is 103 cm³/mol. The largest absolute Gasteiger partial charge is 0.337 e. The molecule has 0 radical (unpaired) electrons. The topological polar surface area (TPSA) is 70.2 Å². The Morgan fingerprint density at radius 3 is 2.68 bits per heavy atom. The third-order valence-electron chi connectivity index (χ3n) is 4.89. The van der Waals surface area contributed by atoms with Crippen LogP contribution in [0.15, 0.2) is 17.5 Å². The molecule has 1 fully saturated rings. The van der Waals surface area contributed by atoms with Crippen molar-refractivity contribution in [2.24, 2.45) is 11.3 Å². The van der Waals surface area contributed by atoms with Crippen LogP contribution in [0.3, 0.4) is 0 Å². The zero-order valence-electron chi connectivity index (χ0n) is 15.6. The van der Waals surface area contributed by atoms with E-state index in [4.69, 9.17) is 0 Å².